The van der Waals surface area contributed by atoms with E-state index in [2.05, 4.69) is 39.6 Å². The molecule has 2 rings (SSSR count). The van der Waals surface area contributed by atoms with E-state index >= 15 is 0 Å². The normalized spacial score (nSPS) is 21.4. The van der Waals surface area contributed by atoms with E-state index in [1.807, 2.05) is 12.1 Å². The molecule has 0 aromatic heterocycles. The summed E-state index contributed by atoms with van der Waals surface area (Å²) in [4.78, 5) is 13.2. The topological polar surface area (TPSA) is 40.5 Å². The Bertz CT molecular complexity index is 408. The molecule has 0 bridgehead atoms. The van der Waals surface area contributed by atoms with Gasteiger partial charge in [-0.15, -0.1) is 0 Å². The molecule has 1 unspecified atom stereocenters. The highest BCUT2D eigenvalue weighted by atomic mass is 127. The van der Waals surface area contributed by atoms with Gasteiger partial charge in [0.25, 0.3) is 0 Å². The van der Waals surface area contributed by atoms with E-state index in [-0.39, 0.29) is 5.92 Å². The number of carboxylic acids is 1. The lowest BCUT2D eigenvalue weighted by atomic mass is 9.98. The van der Waals surface area contributed by atoms with Crippen molar-refractivity contribution in [2.45, 2.75) is 19.4 Å². The molecule has 1 aromatic carbocycles. The standard InChI is InChI=1S/C13H16INO2/c14-12-6-2-1-4-10(12)8-15-7-3-5-11(9-15)13(16)17/h1-2,4,6,11H,3,5,7-9H2,(H,16,17). The smallest absolute Gasteiger partial charge is 0.307 e. The van der Waals surface area contributed by atoms with Crippen LogP contribution >= 0.6 is 22.6 Å². The van der Waals surface area contributed by atoms with Crippen LogP contribution in [0.2, 0.25) is 0 Å². The highest BCUT2D eigenvalue weighted by Crippen LogP contribution is 2.20. The highest BCUT2D eigenvalue weighted by molar-refractivity contribution is 14.1. The summed E-state index contributed by atoms with van der Waals surface area (Å²) in [6, 6.07) is 8.28. The summed E-state index contributed by atoms with van der Waals surface area (Å²) in [5.41, 5.74) is 1.29. The molecule has 1 aromatic rings. The Labute approximate surface area is 115 Å². The van der Waals surface area contributed by atoms with E-state index in [1.54, 1.807) is 0 Å². The van der Waals surface area contributed by atoms with Crippen molar-refractivity contribution in [2.75, 3.05) is 13.1 Å². The molecule has 1 heterocycles. The number of hydrogen-bond acceptors (Lipinski definition) is 2. The predicted octanol–water partition coefficient (Wildman–Crippen LogP) is 2.59. The maximum Gasteiger partial charge on any atom is 0.307 e. The second-order valence-electron chi connectivity index (χ2n) is 4.50. The summed E-state index contributed by atoms with van der Waals surface area (Å²) in [5, 5.41) is 9.05. The van der Waals surface area contributed by atoms with Crippen LogP contribution in [0.25, 0.3) is 0 Å². The molecular formula is C13H16INO2. The van der Waals surface area contributed by atoms with Gasteiger partial charge in [0, 0.05) is 16.7 Å². The van der Waals surface area contributed by atoms with Crippen LogP contribution in [0.5, 0.6) is 0 Å². The third-order valence-electron chi connectivity index (χ3n) is 3.21. The van der Waals surface area contributed by atoms with Gasteiger partial charge >= 0.3 is 5.97 Å². The fourth-order valence-electron chi connectivity index (χ4n) is 2.27. The number of carboxylic acid groups (broad SMARTS) is 1. The monoisotopic (exact) mass is 345 g/mol. The van der Waals surface area contributed by atoms with Crippen LogP contribution in [-0.4, -0.2) is 29.1 Å². The summed E-state index contributed by atoms with van der Waals surface area (Å²) < 4.78 is 1.25. The van der Waals surface area contributed by atoms with Crippen molar-refractivity contribution in [3.8, 4) is 0 Å². The number of rotatable bonds is 3. The number of aliphatic carboxylic acids is 1. The van der Waals surface area contributed by atoms with Gasteiger partial charge in [-0.1, -0.05) is 18.2 Å². The maximum absolute atomic E-state index is 11.0. The van der Waals surface area contributed by atoms with E-state index in [4.69, 9.17) is 5.11 Å². The van der Waals surface area contributed by atoms with Crippen LogP contribution in [0, 0.1) is 9.49 Å². The van der Waals surface area contributed by atoms with Gasteiger partial charge in [0.05, 0.1) is 5.92 Å². The first-order chi connectivity index (χ1) is 8.16. The number of carbonyl (C=O) groups is 1. The quantitative estimate of drug-likeness (QED) is 0.857. The largest absolute Gasteiger partial charge is 0.481 e. The van der Waals surface area contributed by atoms with Gasteiger partial charge in [-0.3, -0.25) is 9.69 Å². The Kier molecular flexibility index (Phi) is 4.39. The second-order valence-corrected chi connectivity index (χ2v) is 5.67. The van der Waals surface area contributed by atoms with Crippen LogP contribution < -0.4 is 0 Å². The van der Waals surface area contributed by atoms with E-state index in [0.29, 0.717) is 6.54 Å². The average Bonchev–Trinajstić information content (AvgIpc) is 2.32. The minimum atomic E-state index is -0.655. The minimum absolute atomic E-state index is 0.190. The summed E-state index contributed by atoms with van der Waals surface area (Å²) in [7, 11) is 0. The van der Waals surface area contributed by atoms with Crippen LogP contribution in [0.1, 0.15) is 18.4 Å². The first kappa shape index (κ1) is 12.8. The van der Waals surface area contributed by atoms with Crippen molar-refractivity contribution in [3.05, 3.63) is 33.4 Å². The number of halogens is 1. The second kappa shape index (κ2) is 5.82. The first-order valence-electron chi connectivity index (χ1n) is 5.85. The van der Waals surface area contributed by atoms with E-state index in [0.717, 1.165) is 25.9 Å². The molecule has 3 nitrogen and oxygen atoms in total. The van der Waals surface area contributed by atoms with Gasteiger partial charge in [0.1, 0.15) is 0 Å². The lowest BCUT2D eigenvalue weighted by Gasteiger charge is -2.30. The zero-order valence-corrected chi connectivity index (χ0v) is 11.8. The lowest BCUT2D eigenvalue weighted by molar-refractivity contribution is -0.143. The number of nitrogens with zero attached hydrogens (tertiary/aromatic N) is 1. The van der Waals surface area contributed by atoms with Gasteiger partial charge in [-0.2, -0.15) is 0 Å². The molecule has 1 aliphatic heterocycles. The molecule has 0 aliphatic carbocycles. The van der Waals surface area contributed by atoms with Crippen molar-refractivity contribution in [2.24, 2.45) is 5.92 Å². The van der Waals surface area contributed by atoms with Crippen LogP contribution in [-0.2, 0) is 11.3 Å². The first-order valence-corrected chi connectivity index (χ1v) is 6.93. The molecule has 1 fully saturated rings. The number of hydrogen-bond donors (Lipinski definition) is 1. The Morgan fingerprint density at radius 1 is 1.47 bits per heavy atom. The van der Waals surface area contributed by atoms with Gasteiger partial charge < -0.3 is 5.11 Å². The number of piperidine rings is 1. The van der Waals surface area contributed by atoms with Gasteiger partial charge in [0.2, 0.25) is 0 Å². The molecule has 0 saturated carbocycles. The fraction of sp³-hybridized carbons (Fsp3) is 0.462. The van der Waals surface area contributed by atoms with Gasteiger partial charge in [0.15, 0.2) is 0 Å². The summed E-state index contributed by atoms with van der Waals surface area (Å²) >= 11 is 2.33. The van der Waals surface area contributed by atoms with Crippen LogP contribution in [0.15, 0.2) is 24.3 Å². The third kappa shape index (κ3) is 3.42. The Morgan fingerprint density at radius 3 is 2.94 bits per heavy atom. The van der Waals surface area contributed by atoms with E-state index < -0.39 is 5.97 Å². The third-order valence-corrected chi connectivity index (χ3v) is 4.26. The molecule has 4 heteroatoms. The van der Waals surface area contributed by atoms with E-state index in [1.165, 1.54) is 9.13 Å². The Hall–Kier alpha value is -0.620. The fourth-order valence-corrected chi connectivity index (χ4v) is 2.83. The molecule has 1 N–H and O–H groups in total. The highest BCUT2D eigenvalue weighted by Gasteiger charge is 2.25. The molecular weight excluding hydrogens is 329 g/mol. The predicted molar refractivity (Wildman–Crippen MR) is 74.8 cm³/mol. The van der Waals surface area contributed by atoms with Crippen LogP contribution in [0.4, 0.5) is 0 Å². The maximum atomic E-state index is 11.0. The van der Waals surface area contributed by atoms with E-state index in [9.17, 15) is 4.79 Å². The molecule has 17 heavy (non-hydrogen) atoms. The molecule has 1 saturated heterocycles. The van der Waals surface area contributed by atoms with Crippen molar-refractivity contribution in [1.82, 2.24) is 4.90 Å². The average molecular weight is 345 g/mol. The van der Waals surface area contributed by atoms with Gasteiger partial charge in [-0.25, -0.2) is 0 Å². The lowest BCUT2D eigenvalue weighted by Crippen LogP contribution is -2.38. The molecule has 1 atom stereocenters. The van der Waals surface area contributed by atoms with Crippen molar-refractivity contribution < 1.29 is 9.90 Å². The Morgan fingerprint density at radius 2 is 2.24 bits per heavy atom. The molecule has 92 valence electrons. The van der Waals surface area contributed by atoms with Crippen molar-refractivity contribution in [3.63, 3.8) is 0 Å². The zero-order chi connectivity index (χ0) is 12.3. The summed E-state index contributed by atoms with van der Waals surface area (Å²) in [6.45, 7) is 2.55. The molecule has 0 spiro atoms. The van der Waals surface area contributed by atoms with Crippen LogP contribution in [0.3, 0.4) is 0 Å². The number of benzene rings is 1. The van der Waals surface area contributed by atoms with Crippen molar-refractivity contribution in [1.29, 1.82) is 0 Å². The SMILES string of the molecule is O=C(O)C1CCCN(Cc2ccccc2I)C1. The number of likely N-dealkylation sites (tertiary alicyclic amines) is 1. The zero-order valence-electron chi connectivity index (χ0n) is 9.60. The van der Waals surface area contributed by atoms with Gasteiger partial charge in [-0.05, 0) is 53.6 Å². The summed E-state index contributed by atoms with van der Waals surface area (Å²) in [5.74, 6) is -0.845. The molecule has 0 amide bonds. The summed E-state index contributed by atoms with van der Waals surface area (Å²) in [6.07, 6.45) is 1.80. The molecule has 1 aliphatic rings. The molecule has 0 radical (unpaired) electrons. The minimum Gasteiger partial charge on any atom is -0.481 e. The Balaban J connectivity index is 1.99. The van der Waals surface area contributed by atoms with Crippen molar-refractivity contribution >= 4 is 28.6 Å².